The van der Waals surface area contributed by atoms with Gasteiger partial charge in [-0.25, -0.2) is 0 Å². The maximum absolute atomic E-state index is 13.3. The minimum absolute atomic E-state index is 0.000803. The first-order chi connectivity index (χ1) is 16.1. The average Bonchev–Trinajstić information content (AvgIpc) is 3.44. The molecule has 3 aromatic rings. The molecule has 1 fully saturated rings. The van der Waals surface area contributed by atoms with E-state index >= 15 is 0 Å². The maximum atomic E-state index is 13.3. The van der Waals surface area contributed by atoms with Gasteiger partial charge in [-0.15, -0.1) is 0 Å². The molecule has 5 nitrogen and oxygen atoms in total. The van der Waals surface area contributed by atoms with Gasteiger partial charge in [-0.1, -0.05) is 25.1 Å². The molecule has 0 radical (unpaired) electrons. The van der Waals surface area contributed by atoms with Crippen molar-refractivity contribution >= 4 is 28.4 Å². The lowest BCUT2D eigenvalue weighted by Gasteiger charge is -2.33. The van der Waals surface area contributed by atoms with Crippen LogP contribution in [-0.4, -0.2) is 41.3 Å². The zero-order valence-electron chi connectivity index (χ0n) is 19.3. The molecule has 6 rings (SSSR count). The molecule has 3 heterocycles. The summed E-state index contributed by atoms with van der Waals surface area (Å²) in [5.74, 6) is 1.01. The summed E-state index contributed by atoms with van der Waals surface area (Å²) in [4.78, 5) is 34.0. The van der Waals surface area contributed by atoms with Gasteiger partial charge in [0.2, 0.25) is 5.91 Å². The number of aromatic amines is 1. The first-order valence-electron chi connectivity index (χ1n) is 12.4. The molecular weight excluding hydrogens is 410 g/mol. The lowest BCUT2D eigenvalue weighted by atomic mass is 9.87. The summed E-state index contributed by atoms with van der Waals surface area (Å²) < 4.78 is 0. The second kappa shape index (κ2) is 8.05. The first kappa shape index (κ1) is 20.5. The highest BCUT2D eigenvalue weighted by Gasteiger charge is 2.33. The van der Waals surface area contributed by atoms with Gasteiger partial charge in [-0.3, -0.25) is 9.59 Å². The van der Waals surface area contributed by atoms with Crippen LogP contribution in [0.4, 0.5) is 5.69 Å². The Bertz CT molecular complexity index is 1240. The van der Waals surface area contributed by atoms with Crippen LogP contribution in [0.2, 0.25) is 0 Å². The third-order valence-electron chi connectivity index (χ3n) is 7.97. The number of nitrogens with one attached hydrogen (secondary N) is 1. The Morgan fingerprint density at radius 1 is 0.970 bits per heavy atom. The average molecular weight is 442 g/mol. The summed E-state index contributed by atoms with van der Waals surface area (Å²) in [7, 11) is 0. The largest absolute Gasteiger partial charge is 0.358 e. The number of carbonyl (C=O) groups is 2. The highest BCUT2D eigenvalue weighted by atomic mass is 16.2. The third-order valence-corrected chi connectivity index (χ3v) is 7.97. The Labute approximate surface area is 194 Å². The monoisotopic (exact) mass is 441 g/mol. The van der Waals surface area contributed by atoms with Gasteiger partial charge in [0, 0.05) is 53.4 Å². The normalized spacial score (nSPS) is 20.7. The summed E-state index contributed by atoms with van der Waals surface area (Å²) >= 11 is 0. The van der Waals surface area contributed by atoms with Crippen LogP contribution in [-0.2, 0) is 24.1 Å². The molecule has 1 aliphatic carbocycles. The fourth-order valence-electron chi connectivity index (χ4n) is 6.02. The van der Waals surface area contributed by atoms with Crippen molar-refractivity contribution < 1.29 is 9.59 Å². The number of H-pyrrole nitrogens is 1. The molecule has 2 aliphatic heterocycles. The molecule has 1 atom stereocenters. The third kappa shape index (κ3) is 3.54. The molecule has 170 valence electrons. The molecule has 1 aromatic heterocycles. The molecule has 1 N–H and O–H groups in total. The van der Waals surface area contributed by atoms with Crippen LogP contribution in [0.15, 0.2) is 42.5 Å². The van der Waals surface area contributed by atoms with E-state index in [1.165, 1.54) is 28.6 Å². The number of hydrogen-bond donors (Lipinski definition) is 1. The van der Waals surface area contributed by atoms with Crippen molar-refractivity contribution in [3.8, 4) is 0 Å². The number of likely N-dealkylation sites (tertiary alicyclic amines) is 1. The van der Waals surface area contributed by atoms with Crippen molar-refractivity contribution in [2.24, 2.45) is 11.8 Å². The van der Waals surface area contributed by atoms with Crippen molar-refractivity contribution in [3.63, 3.8) is 0 Å². The zero-order chi connectivity index (χ0) is 22.5. The Morgan fingerprint density at radius 3 is 2.64 bits per heavy atom. The van der Waals surface area contributed by atoms with Crippen molar-refractivity contribution in [2.75, 3.05) is 24.5 Å². The molecule has 2 aromatic carbocycles. The van der Waals surface area contributed by atoms with Crippen LogP contribution in [0.3, 0.4) is 0 Å². The molecule has 0 saturated carbocycles. The number of amides is 2. The first-order valence-corrected chi connectivity index (χ1v) is 12.4. The van der Waals surface area contributed by atoms with Crippen LogP contribution >= 0.6 is 0 Å². The van der Waals surface area contributed by atoms with Crippen LogP contribution in [0.5, 0.6) is 0 Å². The van der Waals surface area contributed by atoms with Crippen LogP contribution < -0.4 is 4.90 Å². The van der Waals surface area contributed by atoms with E-state index in [0.29, 0.717) is 19.0 Å². The smallest absolute Gasteiger partial charge is 0.253 e. The second-order valence-electron chi connectivity index (χ2n) is 10.1. The van der Waals surface area contributed by atoms with Gasteiger partial charge in [0.1, 0.15) is 0 Å². The van der Waals surface area contributed by atoms with E-state index in [4.69, 9.17) is 0 Å². The lowest BCUT2D eigenvalue weighted by Crippen LogP contribution is -2.44. The number of piperidine rings is 1. The van der Waals surface area contributed by atoms with Gasteiger partial charge in [0.25, 0.3) is 5.91 Å². The molecule has 3 aliphatic rings. The summed E-state index contributed by atoms with van der Waals surface area (Å²) in [6.45, 7) is 4.37. The van der Waals surface area contributed by atoms with Crippen molar-refractivity contribution in [2.45, 2.75) is 45.4 Å². The number of nitrogens with zero attached hydrogens (tertiary/aromatic N) is 2. The molecule has 0 spiro atoms. The van der Waals surface area contributed by atoms with E-state index in [2.05, 4.69) is 36.2 Å². The van der Waals surface area contributed by atoms with Crippen molar-refractivity contribution in [1.29, 1.82) is 0 Å². The number of aryl methyl sites for hydroxylation is 1. The molecule has 33 heavy (non-hydrogen) atoms. The summed E-state index contributed by atoms with van der Waals surface area (Å²) in [6, 6.07) is 14.3. The Kier molecular flexibility index (Phi) is 5.01. The molecule has 0 bridgehead atoms. The Balaban J connectivity index is 1.15. The number of para-hydroxylation sites is 1. The van der Waals surface area contributed by atoms with Gasteiger partial charge in [0.05, 0.1) is 0 Å². The summed E-state index contributed by atoms with van der Waals surface area (Å²) in [5, 5.41) is 1.21. The lowest BCUT2D eigenvalue weighted by molar-refractivity contribution is -0.123. The van der Waals surface area contributed by atoms with Crippen LogP contribution in [0, 0.1) is 11.8 Å². The fraction of sp³-hybridized carbons (Fsp3) is 0.429. The van der Waals surface area contributed by atoms with Gasteiger partial charge in [0.15, 0.2) is 0 Å². The number of rotatable bonds is 2. The molecule has 1 unspecified atom stereocenters. The van der Waals surface area contributed by atoms with E-state index in [-0.39, 0.29) is 17.7 Å². The maximum Gasteiger partial charge on any atom is 0.253 e. The molecule has 2 amide bonds. The molecular formula is C28H31N3O2. The van der Waals surface area contributed by atoms with E-state index in [0.717, 1.165) is 55.4 Å². The second-order valence-corrected chi connectivity index (χ2v) is 10.1. The number of benzene rings is 2. The number of fused-ring (bicyclic) bond motifs is 4. The van der Waals surface area contributed by atoms with Gasteiger partial charge in [-0.2, -0.15) is 0 Å². The van der Waals surface area contributed by atoms with Crippen molar-refractivity contribution in [3.05, 3.63) is 64.8 Å². The van der Waals surface area contributed by atoms with E-state index in [9.17, 15) is 9.59 Å². The minimum atomic E-state index is 0.000803. The molecule has 5 heteroatoms. The van der Waals surface area contributed by atoms with Crippen LogP contribution in [0.1, 0.15) is 53.4 Å². The topological polar surface area (TPSA) is 56.4 Å². The van der Waals surface area contributed by atoms with E-state index in [1.54, 1.807) is 0 Å². The zero-order valence-corrected chi connectivity index (χ0v) is 19.3. The van der Waals surface area contributed by atoms with Gasteiger partial charge < -0.3 is 14.8 Å². The predicted molar refractivity (Wildman–Crippen MR) is 131 cm³/mol. The summed E-state index contributed by atoms with van der Waals surface area (Å²) in [5.41, 5.74) is 6.97. The quantitative estimate of drug-likeness (QED) is 0.625. The number of aromatic nitrogens is 1. The predicted octanol–water partition coefficient (Wildman–Crippen LogP) is 4.73. The minimum Gasteiger partial charge on any atom is -0.358 e. The highest BCUT2D eigenvalue weighted by molar-refractivity contribution is 6.00. The highest BCUT2D eigenvalue weighted by Crippen LogP contribution is 2.33. The van der Waals surface area contributed by atoms with Gasteiger partial charge in [-0.05, 0) is 79.8 Å². The van der Waals surface area contributed by atoms with E-state index < -0.39 is 0 Å². The number of hydrogen-bond acceptors (Lipinski definition) is 2. The molecule has 1 saturated heterocycles. The van der Waals surface area contributed by atoms with Crippen LogP contribution in [0.25, 0.3) is 10.9 Å². The fourth-order valence-corrected chi connectivity index (χ4v) is 6.02. The summed E-state index contributed by atoms with van der Waals surface area (Å²) in [6.07, 6.45) is 5.81. The van der Waals surface area contributed by atoms with Gasteiger partial charge >= 0.3 is 0 Å². The Morgan fingerprint density at radius 2 is 1.79 bits per heavy atom. The Hall–Kier alpha value is -3.08. The SMILES string of the molecule is CC1CCc2[nH]c3ccc(C(=O)N4CCC(C(=O)N5CCc6ccccc65)CC4)cc3c2C1. The number of anilines is 1. The van der Waals surface area contributed by atoms with E-state index in [1.807, 2.05) is 28.0 Å². The standard InChI is InChI=1S/C28H31N3O2/c1-18-6-8-24-22(16-18)23-17-21(7-9-25(23)29-24)27(32)30-13-10-20(11-14-30)28(33)31-15-12-19-4-2-3-5-26(19)31/h2-5,7,9,17-18,20,29H,6,8,10-16H2,1H3. The van der Waals surface area contributed by atoms with Crippen molar-refractivity contribution in [1.82, 2.24) is 9.88 Å². The number of carbonyl (C=O) groups excluding carboxylic acids is 2.